The van der Waals surface area contributed by atoms with Gasteiger partial charge in [-0.2, -0.15) is 0 Å². The third-order valence-corrected chi connectivity index (χ3v) is 9.71. The van der Waals surface area contributed by atoms with Crippen LogP contribution in [0.15, 0.2) is 34.2 Å². The lowest BCUT2D eigenvalue weighted by molar-refractivity contribution is -0.129. The van der Waals surface area contributed by atoms with E-state index in [1.807, 2.05) is 24.3 Å². The molecule has 3 heterocycles. The van der Waals surface area contributed by atoms with Gasteiger partial charge < -0.3 is 19.6 Å². The molecule has 2 aromatic rings. The Morgan fingerprint density at radius 1 is 0.923 bits per heavy atom. The summed E-state index contributed by atoms with van der Waals surface area (Å²) in [6.45, 7) is -0.473. The lowest BCUT2D eigenvalue weighted by Crippen LogP contribution is -2.58. The van der Waals surface area contributed by atoms with Gasteiger partial charge >= 0.3 is 5.97 Å². The van der Waals surface area contributed by atoms with Crippen molar-refractivity contribution in [3.05, 3.63) is 40.3 Å². The SMILES string of the molecule is O=C(O)/C(=N\OCCO)c1nc2ccccc2n(C2C[C@H]3CCC[C@@H](C2)N3C2C[C@H]3CCCC[C@@H](C2)C3)c1=O. The van der Waals surface area contributed by atoms with Crippen LogP contribution in [-0.4, -0.2) is 67.7 Å². The minimum Gasteiger partial charge on any atom is -0.476 e. The van der Waals surface area contributed by atoms with E-state index in [1.165, 1.54) is 51.4 Å². The molecule has 4 bridgehead atoms. The summed E-state index contributed by atoms with van der Waals surface area (Å²) in [6, 6.07) is 8.95. The van der Waals surface area contributed by atoms with E-state index < -0.39 is 17.2 Å². The van der Waals surface area contributed by atoms with Crippen LogP contribution in [0.25, 0.3) is 11.0 Å². The molecule has 9 nitrogen and oxygen atoms in total. The minimum atomic E-state index is -1.38. The molecule has 9 heteroatoms. The zero-order valence-corrected chi connectivity index (χ0v) is 22.6. The van der Waals surface area contributed by atoms with Gasteiger partial charge in [-0.1, -0.05) is 49.4 Å². The summed E-state index contributed by atoms with van der Waals surface area (Å²) in [5, 5.41) is 22.6. The van der Waals surface area contributed by atoms with Crippen molar-refractivity contribution < 1.29 is 19.8 Å². The van der Waals surface area contributed by atoms with Crippen LogP contribution in [0, 0.1) is 11.8 Å². The molecule has 6 atom stereocenters. The summed E-state index contributed by atoms with van der Waals surface area (Å²) in [4.78, 5) is 38.3. The van der Waals surface area contributed by atoms with Crippen LogP contribution >= 0.6 is 0 Å². The number of aliphatic hydroxyl groups is 1. The standard InChI is InChI=1S/C30H40N4O5/c35-12-13-39-32-28(30(37)38)27-29(36)34(26-11-4-3-10-25(26)31-27)24-17-21-8-5-9-22(18-24)33(21)23-15-19-6-1-2-7-20(14-19)16-23/h3-4,10-11,19-24,35H,1-2,5-9,12-18H2,(H,37,38)/b32-28-/t19-,20+,21-,22+,23?,24?. The maximum absolute atomic E-state index is 14.0. The zero-order valence-electron chi connectivity index (χ0n) is 22.6. The Bertz CT molecular complexity index is 1260. The molecule has 2 unspecified atom stereocenters. The van der Waals surface area contributed by atoms with E-state index in [9.17, 15) is 14.7 Å². The highest BCUT2D eigenvalue weighted by Crippen LogP contribution is 2.47. The Hall–Kier alpha value is -2.78. The number of aliphatic carboxylic acids is 1. The lowest BCUT2D eigenvalue weighted by Gasteiger charge is -2.54. The Morgan fingerprint density at radius 2 is 1.62 bits per heavy atom. The van der Waals surface area contributed by atoms with Gasteiger partial charge in [-0.3, -0.25) is 9.69 Å². The van der Waals surface area contributed by atoms with Gasteiger partial charge in [0.25, 0.3) is 5.56 Å². The number of benzene rings is 1. The molecule has 4 fully saturated rings. The second kappa shape index (κ2) is 11.4. The molecule has 210 valence electrons. The van der Waals surface area contributed by atoms with Crippen LogP contribution in [0.2, 0.25) is 0 Å². The number of hydrogen-bond donors (Lipinski definition) is 2. The normalized spacial score (nSPS) is 31.6. The van der Waals surface area contributed by atoms with Gasteiger partial charge in [-0.25, -0.2) is 9.78 Å². The maximum atomic E-state index is 14.0. The number of aliphatic hydroxyl groups excluding tert-OH is 1. The molecule has 0 radical (unpaired) electrons. The highest BCUT2D eigenvalue weighted by atomic mass is 16.6. The van der Waals surface area contributed by atoms with Crippen molar-refractivity contribution in [2.75, 3.05) is 13.2 Å². The summed E-state index contributed by atoms with van der Waals surface area (Å²) in [7, 11) is 0. The Kier molecular flexibility index (Phi) is 7.71. The van der Waals surface area contributed by atoms with Gasteiger partial charge in [0.2, 0.25) is 5.71 Å². The van der Waals surface area contributed by atoms with Gasteiger partial charge in [0.1, 0.15) is 6.61 Å². The first-order valence-corrected chi connectivity index (χ1v) is 14.9. The second-order valence-corrected chi connectivity index (χ2v) is 12.1. The number of aromatic nitrogens is 2. The number of para-hydroxylation sites is 2. The number of oxime groups is 1. The van der Waals surface area contributed by atoms with E-state index >= 15 is 0 Å². The fourth-order valence-electron chi connectivity index (χ4n) is 8.31. The van der Waals surface area contributed by atoms with E-state index in [4.69, 9.17) is 9.94 Å². The molecular formula is C30H40N4O5. The maximum Gasteiger partial charge on any atom is 0.360 e. The van der Waals surface area contributed by atoms with Gasteiger partial charge in [-0.05, 0) is 68.9 Å². The molecule has 2 aliphatic carbocycles. The quantitative estimate of drug-likeness (QED) is 0.311. The molecule has 6 rings (SSSR count). The summed E-state index contributed by atoms with van der Waals surface area (Å²) < 4.78 is 1.80. The van der Waals surface area contributed by atoms with Gasteiger partial charge in [0.15, 0.2) is 5.69 Å². The fourth-order valence-corrected chi connectivity index (χ4v) is 8.31. The zero-order chi connectivity index (χ0) is 26.9. The average molecular weight is 537 g/mol. The summed E-state index contributed by atoms with van der Waals surface area (Å²) in [5.74, 6) is 0.349. The highest BCUT2D eigenvalue weighted by molar-refractivity contribution is 6.41. The van der Waals surface area contributed by atoms with Gasteiger partial charge in [0, 0.05) is 24.2 Å². The Morgan fingerprint density at radius 3 is 2.28 bits per heavy atom. The molecule has 1 aromatic heterocycles. The first-order valence-electron chi connectivity index (χ1n) is 14.9. The molecule has 4 aliphatic rings. The number of carboxylic acid groups (broad SMARTS) is 1. The largest absolute Gasteiger partial charge is 0.476 e. The van der Waals surface area contributed by atoms with E-state index in [1.54, 1.807) is 4.57 Å². The summed E-state index contributed by atoms with van der Waals surface area (Å²) in [5.41, 5.74) is 0.0979. The van der Waals surface area contributed by atoms with Crippen LogP contribution in [0.1, 0.15) is 88.8 Å². The van der Waals surface area contributed by atoms with E-state index in [0.717, 1.165) is 43.0 Å². The molecule has 0 spiro atoms. The van der Waals surface area contributed by atoms with Crippen molar-refractivity contribution in [1.82, 2.24) is 14.5 Å². The first kappa shape index (κ1) is 26.4. The van der Waals surface area contributed by atoms with E-state index in [2.05, 4.69) is 15.0 Å². The predicted octanol–water partition coefficient (Wildman–Crippen LogP) is 4.11. The number of piperidine rings is 2. The van der Waals surface area contributed by atoms with Crippen molar-refractivity contribution in [2.45, 2.75) is 101 Å². The fraction of sp³-hybridized carbons (Fsp3) is 0.667. The molecule has 39 heavy (non-hydrogen) atoms. The summed E-state index contributed by atoms with van der Waals surface area (Å²) in [6.07, 6.45) is 14.9. The van der Waals surface area contributed by atoms with Gasteiger partial charge in [-0.15, -0.1) is 0 Å². The van der Waals surface area contributed by atoms with Crippen LogP contribution in [-0.2, 0) is 9.63 Å². The smallest absolute Gasteiger partial charge is 0.360 e. The van der Waals surface area contributed by atoms with Crippen molar-refractivity contribution in [3.63, 3.8) is 0 Å². The predicted molar refractivity (Wildman–Crippen MR) is 148 cm³/mol. The molecule has 2 aliphatic heterocycles. The Balaban J connectivity index is 1.35. The Labute approximate surface area is 228 Å². The number of hydrogen-bond acceptors (Lipinski definition) is 7. The number of carboxylic acids is 1. The summed E-state index contributed by atoms with van der Waals surface area (Å²) >= 11 is 0. The van der Waals surface area contributed by atoms with Crippen LogP contribution in [0.3, 0.4) is 0 Å². The van der Waals surface area contributed by atoms with Crippen molar-refractivity contribution >= 4 is 22.7 Å². The topological polar surface area (TPSA) is 117 Å². The molecule has 2 saturated heterocycles. The third-order valence-electron chi connectivity index (χ3n) is 9.71. The number of carbonyl (C=O) groups is 1. The lowest BCUT2D eigenvalue weighted by atomic mass is 9.73. The van der Waals surface area contributed by atoms with Crippen LogP contribution < -0.4 is 5.56 Å². The number of fused-ring (bicyclic) bond motifs is 5. The van der Waals surface area contributed by atoms with Crippen LogP contribution in [0.5, 0.6) is 0 Å². The van der Waals surface area contributed by atoms with Crippen molar-refractivity contribution in [2.24, 2.45) is 17.0 Å². The molecule has 2 saturated carbocycles. The molecule has 2 N–H and O–H groups in total. The number of rotatable bonds is 7. The van der Waals surface area contributed by atoms with Crippen molar-refractivity contribution in [1.29, 1.82) is 0 Å². The average Bonchev–Trinajstić information content (AvgIpc) is 3.09. The molecule has 1 aromatic carbocycles. The van der Waals surface area contributed by atoms with E-state index in [0.29, 0.717) is 23.6 Å². The minimum absolute atomic E-state index is 0.0324. The third kappa shape index (κ3) is 5.23. The monoisotopic (exact) mass is 536 g/mol. The first-order chi connectivity index (χ1) is 19.0. The second-order valence-electron chi connectivity index (χ2n) is 12.1. The van der Waals surface area contributed by atoms with Gasteiger partial charge in [0.05, 0.1) is 17.6 Å². The van der Waals surface area contributed by atoms with Crippen molar-refractivity contribution in [3.8, 4) is 0 Å². The van der Waals surface area contributed by atoms with E-state index in [-0.39, 0.29) is 24.9 Å². The number of nitrogens with zero attached hydrogens (tertiary/aromatic N) is 4. The molecular weight excluding hydrogens is 496 g/mol. The van der Waals surface area contributed by atoms with Crippen LogP contribution in [0.4, 0.5) is 0 Å². The highest BCUT2D eigenvalue weighted by Gasteiger charge is 2.45. The molecule has 0 amide bonds.